The Bertz CT molecular complexity index is 2210. The third-order valence-corrected chi connectivity index (χ3v) is 7.49. The van der Waals surface area contributed by atoms with Gasteiger partial charge in [0.25, 0.3) is 17.8 Å². The number of non-ortho nitro benzene ring substituents is 2. The molecular weight excluding hydrogens is 907 g/mol. The van der Waals surface area contributed by atoms with Crippen molar-refractivity contribution in [2.75, 3.05) is 5.73 Å². The number of hydrogen-bond acceptors (Lipinski definition) is 17. The Labute approximate surface area is 441 Å². The zero-order chi connectivity index (χ0) is 42.5. The molecule has 0 aliphatic carbocycles. The van der Waals surface area contributed by atoms with E-state index >= 15 is 0 Å². The molecule has 60 heavy (non-hydrogen) atoms. The van der Waals surface area contributed by atoms with Gasteiger partial charge in [0, 0.05) is 53.5 Å². The van der Waals surface area contributed by atoms with Crippen LogP contribution in [-0.2, 0) is 28.2 Å². The summed E-state index contributed by atoms with van der Waals surface area (Å²) in [5.74, 6) is 3.85. The first-order chi connectivity index (χ1) is 27.1. The summed E-state index contributed by atoms with van der Waals surface area (Å²) >= 11 is 3.25. The van der Waals surface area contributed by atoms with Crippen LogP contribution >= 0.6 is 15.9 Å². The summed E-state index contributed by atoms with van der Waals surface area (Å²) < 4.78 is 25.8. The molecule has 0 aliphatic rings. The molecule has 3 N–H and O–H groups in total. The number of carbonyl (C=O) groups excluding carboxylic acids is 1. The maximum Gasteiger partial charge on any atom is 1.00 e. The van der Waals surface area contributed by atoms with Crippen molar-refractivity contribution >= 4 is 39.5 Å². The maximum atomic E-state index is 10.6. The van der Waals surface area contributed by atoms with Crippen LogP contribution in [0.3, 0.4) is 0 Å². The molecule has 0 aliphatic heterocycles. The molecule has 6 rings (SSSR count). The molecule has 0 fully saturated rings. The van der Waals surface area contributed by atoms with Gasteiger partial charge in [0.15, 0.2) is 0 Å². The van der Waals surface area contributed by atoms with Gasteiger partial charge in [-0.15, -0.1) is 0 Å². The van der Waals surface area contributed by atoms with Gasteiger partial charge in [-0.05, 0) is 88.6 Å². The van der Waals surface area contributed by atoms with E-state index in [9.17, 15) is 20.2 Å². The van der Waals surface area contributed by atoms with Crippen molar-refractivity contribution in [3.8, 4) is 17.2 Å². The summed E-state index contributed by atoms with van der Waals surface area (Å²) in [6, 6.07) is 19.5. The molecule has 0 saturated heterocycles. The maximum absolute atomic E-state index is 10.6. The predicted molar refractivity (Wildman–Crippen MR) is 213 cm³/mol. The Balaban J connectivity index is -0.000000721. The first-order valence-electron chi connectivity index (χ1n) is 16.4. The molecule has 0 amide bonds. The summed E-state index contributed by atoms with van der Waals surface area (Å²) in [5.41, 5.74) is 11.1. The number of aromatic hydroxyl groups is 1. The summed E-state index contributed by atoms with van der Waals surface area (Å²) in [7, 11) is 0. The molecule has 6 aromatic rings. The summed E-state index contributed by atoms with van der Waals surface area (Å²) in [5, 5.41) is 50.3. The monoisotopic (exact) mass is 950 g/mol. The number of nitro groups is 2. The number of nitrogen functional groups attached to an aromatic ring is 1. The average Bonchev–Trinajstić information content (AvgIpc) is 3.93. The van der Waals surface area contributed by atoms with Gasteiger partial charge in [0.1, 0.15) is 59.1 Å². The number of hydrogen-bond donors (Lipinski definition) is 2. The van der Waals surface area contributed by atoms with Crippen LogP contribution in [0.25, 0.3) is 0 Å². The Morgan fingerprint density at radius 2 is 1.08 bits per heavy atom. The molecule has 0 atom stereocenters. The minimum absolute atomic E-state index is 0. The molecule has 0 spiro atoms. The smallest absolute Gasteiger partial charge is 1.00 e. The third kappa shape index (κ3) is 22.4. The molecule has 19 nitrogen and oxygen atoms in total. The van der Waals surface area contributed by atoms with Gasteiger partial charge in [-0.3, -0.25) is 25.0 Å². The van der Waals surface area contributed by atoms with Gasteiger partial charge in [-0.2, -0.15) is 0 Å². The number of nitrogens with zero attached hydrogens (tertiary/aromatic N) is 5. The molecule has 0 saturated carbocycles. The van der Waals surface area contributed by atoms with E-state index in [1.54, 1.807) is 32.9 Å². The first-order valence-corrected chi connectivity index (χ1v) is 17.5. The first kappa shape index (κ1) is 58.6. The van der Waals surface area contributed by atoms with Gasteiger partial charge in [0.2, 0.25) is 0 Å². The number of halogens is 1. The second kappa shape index (κ2) is 31.3. The van der Waals surface area contributed by atoms with Crippen molar-refractivity contribution in [3.63, 3.8) is 0 Å². The van der Waals surface area contributed by atoms with Gasteiger partial charge >= 0.3 is 103 Å². The molecular formula is C38H45BrK2N6O13. The van der Waals surface area contributed by atoms with E-state index in [4.69, 9.17) is 43.9 Å². The fraction of sp³-hybridized carbons (Fsp3) is 0.263. The van der Waals surface area contributed by atoms with Gasteiger partial charge in [-0.1, -0.05) is 38.8 Å². The Kier molecular flexibility index (Phi) is 30.6. The fourth-order valence-electron chi connectivity index (χ4n) is 4.25. The average molecular weight is 952 g/mol. The van der Waals surface area contributed by atoms with Crippen LogP contribution in [0.5, 0.6) is 17.2 Å². The standard InChI is InChI=1S/C12H12N2O4.C12H14N2O2.C7H7NO3.C5H6BrNO.CH2O3.CH4.2K.H/c1-8-5-11(14(15)16)3-4-12(8)17-7-10-6-9(2)18-13-10;1-8-5-10(13)3-4-12(8)15-7-11-6-9(2)16-14-11;1-5-4-6(8(10)11)2-3-7(5)9;1-4-2-5(3-6)7-8-4;2-1-4-3;;;;/h3-6H,7H2,1-2H3;3-6H,7,13H2,1-2H3;2-4,9H,1H3;2H,3H2,1H3;1,3H;1H4;;;/q;;;;;;2*+1;-1/p-1. The SMILES string of the molecule is C.Cc1cc(CBr)no1.Cc1cc(COc2ccc(N)cc2C)no1.Cc1cc(COc2ccc([N+](=O)[O-])cc2C)no1.Cc1cc([N+](=O)[O-])ccc1O.O=CO[O-].[H-].[K+].[K+]. The van der Waals surface area contributed by atoms with E-state index < -0.39 is 9.85 Å². The number of aryl methyl sites for hydroxylation is 6. The molecule has 22 heteroatoms. The Morgan fingerprint density at radius 3 is 1.40 bits per heavy atom. The van der Waals surface area contributed by atoms with Gasteiger partial charge in [0.05, 0.1) is 15.5 Å². The van der Waals surface area contributed by atoms with E-state index in [-0.39, 0.29) is 142 Å². The van der Waals surface area contributed by atoms with Crippen LogP contribution in [0.4, 0.5) is 17.1 Å². The van der Waals surface area contributed by atoms with E-state index in [0.717, 1.165) is 45.2 Å². The van der Waals surface area contributed by atoms with Crippen LogP contribution in [0.15, 0.2) is 86.4 Å². The number of anilines is 1. The van der Waals surface area contributed by atoms with E-state index in [0.29, 0.717) is 34.9 Å². The third-order valence-electron chi connectivity index (χ3n) is 6.92. The number of ether oxygens (including phenoxy) is 2. The minimum atomic E-state index is -0.494. The Morgan fingerprint density at radius 1 is 0.700 bits per heavy atom. The normalized spacial score (nSPS) is 9.27. The fourth-order valence-corrected chi connectivity index (χ4v) is 4.52. The molecule has 3 aromatic carbocycles. The molecule has 314 valence electrons. The minimum Gasteiger partial charge on any atom is -1.00 e. The number of rotatable bonds is 10. The van der Waals surface area contributed by atoms with E-state index in [1.165, 1.54) is 30.3 Å². The number of nitrogens with two attached hydrogens (primary N) is 1. The van der Waals surface area contributed by atoms with Crippen LogP contribution < -0.4 is 123 Å². The van der Waals surface area contributed by atoms with Crippen LogP contribution in [0.1, 0.15) is 59.9 Å². The number of aromatic nitrogens is 3. The van der Waals surface area contributed by atoms with Gasteiger partial charge in [-0.25, -0.2) is 0 Å². The summed E-state index contributed by atoms with van der Waals surface area (Å²) in [6.07, 6.45) is 0. The van der Waals surface area contributed by atoms with Gasteiger partial charge < -0.3 is 45.5 Å². The van der Waals surface area contributed by atoms with Crippen molar-refractivity contribution in [2.45, 2.75) is 67.5 Å². The molecule has 0 unspecified atom stereocenters. The zero-order valence-corrected chi connectivity index (χ0v) is 41.5. The van der Waals surface area contributed by atoms with Crippen molar-refractivity contribution < 1.29 is 157 Å². The Hall–Kier alpha value is -3.53. The van der Waals surface area contributed by atoms with Crippen molar-refractivity contribution in [1.82, 2.24) is 15.5 Å². The van der Waals surface area contributed by atoms with Crippen LogP contribution in [0, 0.1) is 61.8 Å². The largest absolute Gasteiger partial charge is 1.00 e. The molecule has 0 radical (unpaired) electrons. The number of phenols is 1. The second-order valence-corrected chi connectivity index (χ2v) is 12.2. The zero-order valence-electron chi connectivity index (χ0n) is 34.7. The van der Waals surface area contributed by atoms with Crippen LogP contribution in [-0.4, -0.2) is 36.9 Å². The van der Waals surface area contributed by atoms with E-state index in [2.05, 4.69) is 36.3 Å². The number of nitro benzene ring substituents is 2. The van der Waals surface area contributed by atoms with Crippen molar-refractivity contribution in [3.05, 3.63) is 144 Å². The van der Waals surface area contributed by atoms with Crippen molar-refractivity contribution in [2.24, 2.45) is 0 Å². The summed E-state index contributed by atoms with van der Waals surface area (Å²) in [6.45, 7) is 11.4. The molecule has 3 aromatic heterocycles. The number of benzene rings is 3. The summed E-state index contributed by atoms with van der Waals surface area (Å²) in [4.78, 5) is 31.1. The molecule has 3 heterocycles. The predicted octanol–water partition coefficient (Wildman–Crippen LogP) is 1.91. The second-order valence-electron chi connectivity index (χ2n) is 11.6. The number of carbonyl (C=O) groups is 1. The topological polar surface area (TPSA) is 278 Å². The molecule has 0 bridgehead atoms. The quantitative estimate of drug-likeness (QED) is 0.0377. The van der Waals surface area contributed by atoms with Crippen molar-refractivity contribution in [1.29, 1.82) is 0 Å². The number of phenolic OH excluding ortho intramolecular Hbond substituents is 1. The van der Waals surface area contributed by atoms with E-state index in [1.807, 2.05) is 51.1 Å². The van der Waals surface area contributed by atoms with Crippen LogP contribution in [0.2, 0.25) is 0 Å². The number of alkyl halides is 1.